The Hall–Kier alpha value is -1.09. The molecule has 0 amide bonds. The van der Waals surface area contributed by atoms with Crippen LogP contribution in [0, 0.1) is 17.7 Å². The Morgan fingerprint density at radius 1 is 1.33 bits per heavy atom. The molecule has 0 radical (unpaired) electrons. The maximum absolute atomic E-state index is 14.1. The first-order valence-electron chi connectivity index (χ1n) is 6.79. The molecule has 1 unspecified atom stereocenters. The van der Waals surface area contributed by atoms with Gasteiger partial charge >= 0.3 is 0 Å². The summed E-state index contributed by atoms with van der Waals surface area (Å²) in [4.78, 5) is 2.17. The Morgan fingerprint density at radius 3 is 2.61 bits per heavy atom. The van der Waals surface area contributed by atoms with Crippen LogP contribution in [0.4, 0.5) is 10.1 Å². The first kappa shape index (κ1) is 13.3. The van der Waals surface area contributed by atoms with Crippen LogP contribution in [0.3, 0.4) is 0 Å². The number of anilines is 1. The Bertz CT molecular complexity index is 415. The van der Waals surface area contributed by atoms with E-state index in [1.54, 1.807) is 6.07 Å². The van der Waals surface area contributed by atoms with Crippen LogP contribution >= 0.6 is 0 Å². The van der Waals surface area contributed by atoms with Crippen molar-refractivity contribution in [1.82, 2.24) is 0 Å². The lowest BCUT2D eigenvalue weighted by Crippen LogP contribution is -2.25. The molecule has 0 spiro atoms. The highest BCUT2D eigenvalue weighted by Gasteiger charge is 2.28. The third kappa shape index (κ3) is 2.51. The lowest BCUT2D eigenvalue weighted by molar-refractivity contribution is 0.422. The van der Waals surface area contributed by atoms with Crippen LogP contribution in [0.25, 0.3) is 0 Å². The molecule has 3 heteroatoms. The second kappa shape index (κ2) is 5.27. The number of benzene rings is 1. The minimum atomic E-state index is -0.144. The monoisotopic (exact) mass is 250 g/mol. The lowest BCUT2D eigenvalue weighted by atomic mass is 9.95. The highest BCUT2D eigenvalue weighted by molar-refractivity contribution is 5.56. The van der Waals surface area contributed by atoms with Crippen LogP contribution in [-0.4, -0.2) is 13.1 Å². The summed E-state index contributed by atoms with van der Waals surface area (Å²) in [7, 11) is 0. The molecular weight excluding hydrogens is 227 g/mol. The highest BCUT2D eigenvalue weighted by Crippen LogP contribution is 2.34. The van der Waals surface area contributed by atoms with Crippen molar-refractivity contribution < 1.29 is 4.39 Å². The molecule has 2 atom stereocenters. The summed E-state index contributed by atoms with van der Waals surface area (Å²) in [6.07, 6.45) is 1.14. The van der Waals surface area contributed by atoms with Crippen LogP contribution in [0.15, 0.2) is 18.2 Å². The van der Waals surface area contributed by atoms with Gasteiger partial charge in [0.2, 0.25) is 0 Å². The summed E-state index contributed by atoms with van der Waals surface area (Å²) in [5.41, 5.74) is 7.59. The Labute approximate surface area is 109 Å². The van der Waals surface area contributed by atoms with Gasteiger partial charge in [0.15, 0.2) is 0 Å². The van der Waals surface area contributed by atoms with Gasteiger partial charge in [0, 0.05) is 19.1 Å². The van der Waals surface area contributed by atoms with Crippen LogP contribution in [-0.2, 0) is 0 Å². The molecular formula is C15H23FN2. The number of hydrogen-bond donors (Lipinski definition) is 1. The molecule has 1 aliphatic rings. The van der Waals surface area contributed by atoms with E-state index >= 15 is 0 Å². The van der Waals surface area contributed by atoms with Crippen LogP contribution in [0.5, 0.6) is 0 Å². The minimum absolute atomic E-state index is 0.131. The lowest BCUT2D eigenvalue weighted by Gasteiger charge is -2.25. The summed E-state index contributed by atoms with van der Waals surface area (Å²) in [6, 6.07) is 5.08. The SMILES string of the molecule is CC(C)C1CCN(c2c(F)cccc2[C@@H](C)N)C1. The fraction of sp³-hybridized carbons (Fsp3) is 0.600. The van der Waals surface area contributed by atoms with E-state index in [0.29, 0.717) is 11.8 Å². The van der Waals surface area contributed by atoms with Crippen molar-refractivity contribution in [2.24, 2.45) is 17.6 Å². The van der Waals surface area contributed by atoms with E-state index < -0.39 is 0 Å². The molecule has 18 heavy (non-hydrogen) atoms. The van der Waals surface area contributed by atoms with Gasteiger partial charge in [-0.15, -0.1) is 0 Å². The van der Waals surface area contributed by atoms with Crippen LogP contribution in [0.2, 0.25) is 0 Å². The average molecular weight is 250 g/mol. The van der Waals surface area contributed by atoms with Gasteiger partial charge in [-0.2, -0.15) is 0 Å². The molecule has 2 rings (SSSR count). The molecule has 1 aromatic rings. The number of halogens is 1. The molecule has 0 aliphatic carbocycles. The molecule has 2 N–H and O–H groups in total. The molecule has 0 bridgehead atoms. The first-order chi connectivity index (χ1) is 8.50. The predicted molar refractivity (Wildman–Crippen MR) is 74.2 cm³/mol. The van der Waals surface area contributed by atoms with E-state index in [-0.39, 0.29) is 11.9 Å². The first-order valence-corrected chi connectivity index (χ1v) is 6.79. The summed E-state index contributed by atoms with van der Waals surface area (Å²) in [5, 5.41) is 0. The van der Waals surface area contributed by atoms with Gasteiger partial charge in [-0.25, -0.2) is 4.39 Å². The highest BCUT2D eigenvalue weighted by atomic mass is 19.1. The third-order valence-corrected chi connectivity index (χ3v) is 3.99. The fourth-order valence-corrected chi connectivity index (χ4v) is 2.77. The van der Waals surface area contributed by atoms with Gasteiger partial charge in [-0.1, -0.05) is 26.0 Å². The number of hydrogen-bond acceptors (Lipinski definition) is 2. The standard InChI is InChI=1S/C15H23FN2/c1-10(2)12-7-8-18(9-12)15-13(11(3)17)5-4-6-14(15)16/h4-6,10-12H,7-9,17H2,1-3H3/t11-,12?/m1/s1. The quantitative estimate of drug-likeness (QED) is 0.891. The Balaban J connectivity index is 2.29. The summed E-state index contributed by atoms with van der Waals surface area (Å²) >= 11 is 0. The molecule has 1 fully saturated rings. The van der Waals surface area contributed by atoms with E-state index in [1.807, 2.05) is 13.0 Å². The Morgan fingerprint density at radius 2 is 2.06 bits per heavy atom. The zero-order valence-electron chi connectivity index (χ0n) is 11.5. The van der Waals surface area contributed by atoms with E-state index in [2.05, 4.69) is 18.7 Å². The van der Waals surface area contributed by atoms with E-state index in [0.717, 1.165) is 30.8 Å². The molecule has 0 aromatic heterocycles. The maximum atomic E-state index is 14.1. The summed E-state index contributed by atoms with van der Waals surface area (Å²) in [5.74, 6) is 1.17. The van der Waals surface area contributed by atoms with Crippen molar-refractivity contribution in [2.45, 2.75) is 33.2 Å². The Kier molecular flexibility index (Phi) is 3.91. The minimum Gasteiger partial charge on any atom is -0.369 e. The van der Waals surface area contributed by atoms with E-state index in [4.69, 9.17) is 5.73 Å². The second-order valence-corrected chi connectivity index (χ2v) is 5.71. The number of para-hydroxylation sites is 1. The predicted octanol–water partition coefficient (Wildman–Crippen LogP) is 3.33. The molecule has 1 saturated heterocycles. The third-order valence-electron chi connectivity index (χ3n) is 3.99. The van der Waals surface area contributed by atoms with Crippen molar-refractivity contribution in [3.8, 4) is 0 Å². The van der Waals surface area contributed by atoms with Crippen molar-refractivity contribution in [2.75, 3.05) is 18.0 Å². The van der Waals surface area contributed by atoms with E-state index in [1.165, 1.54) is 6.07 Å². The molecule has 0 saturated carbocycles. The molecule has 100 valence electrons. The van der Waals surface area contributed by atoms with Gasteiger partial charge in [0.05, 0.1) is 5.69 Å². The zero-order chi connectivity index (χ0) is 13.3. The van der Waals surface area contributed by atoms with Crippen molar-refractivity contribution >= 4 is 5.69 Å². The topological polar surface area (TPSA) is 29.3 Å². The number of rotatable bonds is 3. The van der Waals surface area contributed by atoms with Gasteiger partial charge in [0.1, 0.15) is 5.82 Å². The second-order valence-electron chi connectivity index (χ2n) is 5.71. The summed E-state index contributed by atoms with van der Waals surface area (Å²) in [6.45, 7) is 8.26. The van der Waals surface area contributed by atoms with E-state index in [9.17, 15) is 4.39 Å². The van der Waals surface area contributed by atoms with Gasteiger partial charge in [-0.05, 0) is 36.8 Å². The van der Waals surface area contributed by atoms with Crippen molar-refractivity contribution in [3.63, 3.8) is 0 Å². The van der Waals surface area contributed by atoms with Gasteiger partial charge in [0.25, 0.3) is 0 Å². The normalized spacial score (nSPS) is 21.7. The number of nitrogens with zero attached hydrogens (tertiary/aromatic N) is 1. The smallest absolute Gasteiger partial charge is 0.146 e. The molecule has 1 aromatic carbocycles. The summed E-state index contributed by atoms with van der Waals surface area (Å²) < 4.78 is 14.1. The zero-order valence-corrected chi connectivity index (χ0v) is 11.5. The van der Waals surface area contributed by atoms with Crippen LogP contribution in [0.1, 0.15) is 38.8 Å². The average Bonchev–Trinajstić information content (AvgIpc) is 2.77. The number of nitrogens with two attached hydrogens (primary N) is 1. The molecule has 2 nitrogen and oxygen atoms in total. The molecule has 1 heterocycles. The van der Waals surface area contributed by atoms with Gasteiger partial charge < -0.3 is 10.6 Å². The molecule has 1 aliphatic heterocycles. The van der Waals surface area contributed by atoms with Crippen LogP contribution < -0.4 is 10.6 Å². The largest absolute Gasteiger partial charge is 0.369 e. The maximum Gasteiger partial charge on any atom is 0.146 e. The fourth-order valence-electron chi connectivity index (χ4n) is 2.77. The van der Waals surface area contributed by atoms with Crippen molar-refractivity contribution in [3.05, 3.63) is 29.6 Å². The van der Waals surface area contributed by atoms with Gasteiger partial charge in [-0.3, -0.25) is 0 Å². The van der Waals surface area contributed by atoms with Crippen molar-refractivity contribution in [1.29, 1.82) is 0 Å².